The van der Waals surface area contributed by atoms with Crippen LogP contribution in [0.3, 0.4) is 0 Å². The van der Waals surface area contributed by atoms with Crippen molar-refractivity contribution in [1.29, 1.82) is 0 Å². The first-order chi connectivity index (χ1) is 10.8. The second-order valence-electron chi connectivity index (χ2n) is 6.01. The van der Waals surface area contributed by atoms with Gasteiger partial charge in [0.2, 0.25) is 0 Å². The van der Waals surface area contributed by atoms with E-state index >= 15 is 0 Å². The highest BCUT2D eigenvalue weighted by Crippen LogP contribution is 2.40. The minimum absolute atomic E-state index is 0.00632. The molecule has 2 aromatic rings. The van der Waals surface area contributed by atoms with Gasteiger partial charge in [0.05, 0.1) is 0 Å². The van der Waals surface area contributed by atoms with Gasteiger partial charge in [-0.15, -0.1) is 0 Å². The molecular formula is C18H16F3NO. The van der Waals surface area contributed by atoms with Gasteiger partial charge in [-0.2, -0.15) is 13.2 Å². The Balaban J connectivity index is 2.10. The molecule has 1 aliphatic heterocycles. The Morgan fingerprint density at radius 1 is 1.04 bits per heavy atom. The van der Waals surface area contributed by atoms with E-state index in [1.807, 2.05) is 49.4 Å². The number of rotatable bonds is 1. The van der Waals surface area contributed by atoms with E-state index in [1.165, 1.54) is 0 Å². The molecular weight excluding hydrogens is 303 g/mol. The fourth-order valence-electron chi connectivity index (χ4n) is 3.30. The summed E-state index contributed by atoms with van der Waals surface area (Å²) in [4.78, 5) is 12.6. The molecule has 23 heavy (non-hydrogen) atoms. The van der Waals surface area contributed by atoms with Crippen LogP contribution in [0.2, 0.25) is 0 Å². The number of alkyl halides is 3. The van der Waals surface area contributed by atoms with Crippen molar-refractivity contribution in [3.05, 3.63) is 71.3 Å². The number of benzene rings is 2. The summed E-state index contributed by atoms with van der Waals surface area (Å²) in [7, 11) is 0. The lowest BCUT2D eigenvalue weighted by molar-refractivity contribution is -0.187. The van der Waals surface area contributed by atoms with Gasteiger partial charge in [-0.1, -0.05) is 54.6 Å². The van der Waals surface area contributed by atoms with Gasteiger partial charge in [-0.05, 0) is 23.6 Å². The van der Waals surface area contributed by atoms with Crippen molar-refractivity contribution >= 4 is 5.91 Å². The molecule has 0 spiro atoms. The van der Waals surface area contributed by atoms with Crippen molar-refractivity contribution < 1.29 is 18.0 Å². The van der Waals surface area contributed by atoms with Crippen molar-refractivity contribution in [3.8, 4) is 0 Å². The Labute approximate surface area is 132 Å². The highest BCUT2D eigenvalue weighted by molar-refractivity contribution is 5.82. The van der Waals surface area contributed by atoms with Crippen LogP contribution in [0.4, 0.5) is 13.2 Å². The van der Waals surface area contributed by atoms with E-state index in [2.05, 4.69) is 0 Å². The lowest BCUT2D eigenvalue weighted by Crippen LogP contribution is -2.51. The number of fused-ring (bicyclic) bond motifs is 1. The summed E-state index contributed by atoms with van der Waals surface area (Å²) in [5.41, 5.74) is 1.95. The number of nitrogens with zero attached hydrogens (tertiary/aromatic N) is 1. The predicted molar refractivity (Wildman–Crippen MR) is 80.8 cm³/mol. The zero-order chi connectivity index (χ0) is 16.7. The van der Waals surface area contributed by atoms with Gasteiger partial charge in [-0.25, -0.2) is 0 Å². The highest BCUT2D eigenvalue weighted by Gasteiger charge is 2.47. The molecule has 0 aromatic heterocycles. The molecule has 3 rings (SSSR count). The molecule has 0 radical (unpaired) electrons. The van der Waals surface area contributed by atoms with E-state index in [1.54, 1.807) is 12.1 Å². The van der Waals surface area contributed by atoms with E-state index in [4.69, 9.17) is 0 Å². The third-order valence-corrected chi connectivity index (χ3v) is 4.42. The van der Waals surface area contributed by atoms with Crippen LogP contribution in [0.1, 0.15) is 23.6 Å². The SMILES string of the molecule is CC1(c2ccccc2)CN(C(=O)C(F)(F)F)Cc2ccccc21. The van der Waals surface area contributed by atoms with E-state index < -0.39 is 17.5 Å². The third kappa shape index (κ3) is 2.71. The van der Waals surface area contributed by atoms with Crippen molar-refractivity contribution in [2.45, 2.75) is 25.1 Å². The maximum absolute atomic E-state index is 12.9. The van der Waals surface area contributed by atoms with Gasteiger partial charge in [0.1, 0.15) is 0 Å². The molecule has 1 heterocycles. The van der Waals surface area contributed by atoms with Crippen LogP contribution in [-0.2, 0) is 16.8 Å². The topological polar surface area (TPSA) is 20.3 Å². The number of amides is 1. The number of hydrogen-bond acceptors (Lipinski definition) is 1. The molecule has 1 unspecified atom stereocenters. The summed E-state index contributed by atoms with van der Waals surface area (Å²) in [6.07, 6.45) is -4.86. The van der Waals surface area contributed by atoms with Gasteiger partial charge < -0.3 is 4.90 Å². The summed E-state index contributed by atoms with van der Waals surface area (Å²) < 4.78 is 38.6. The first-order valence-electron chi connectivity index (χ1n) is 7.32. The molecule has 0 N–H and O–H groups in total. The summed E-state index contributed by atoms with van der Waals surface area (Å²) >= 11 is 0. The van der Waals surface area contributed by atoms with Crippen LogP contribution >= 0.6 is 0 Å². The summed E-state index contributed by atoms with van der Waals surface area (Å²) in [5, 5.41) is 0. The lowest BCUT2D eigenvalue weighted by Gasteiger charge is -2.42. The average Bonchev–Trinajstić information content (AvgIpc) is 2.54. The van der Waals surface area contributed by atoms with Gasteiger partial charge in [0.15, 0.2) is 0 Å². The highest BCUT2D eigenvalue weighted by atomic mass is 19.4. The van der Waals surface area contributed by atoms with Crippen LogP contribution in [-0.4, -0.2) is 23.5 Å². The van der Waals surface area contributed by atoms with Gasteiger partial charge in [0, 0.05) is 18.5 Å². The Morgan fingerprint density at radius 2 is 1.65 bits per heavy atom. The average molecular weight is 319 g/mol. The zero-order valence-electron chi connectivity index (χ0n) is 12.6. The normalized spacial score (nSPS) is 21.0. The molecule has 0 saturated heterocycles. The number of hydrogen-bond donors (Lipinski definition) is 0. The molecule has 2 aromatic carbocycles. The predicted octanol–water partition coefficient (Wildman–Crippen LogP) is 3.90. The lowest BCUT2D eigenvalue weighted by atomic mass is 9.72. The zero-order valence-corrected chi connectivity index (χ0v) is 12.6. The maximum Gasteiger partial charge on any atom is 0.471 e. The Morgan fingerprint density at radius 3 is 2.30 bits per heavy atom. The summed E-state index contributed by atoms with van der Waals surface area (Å²) in [6.45, 7) is 1.88. The first kappa shape index (κ1) is 15.6. The van der Waals surface area contributed by atoms with Crippen molar-refractivity contribution in [1.82, 2.24) is 4.90 Å². The molecule has 0 fully saturated rings. The molecule has 1 aliphatic rings. The van der Waals surface area contributed by atoms with Gasteiger partial charge in [0.25, 0.3) is 0 Å². The fraction of sp³-hybridized carbons (Fsp3) is 0.278. The van der Waals surface area contributed by atoms with E-state index in [-0.39, 0.29) is 13.1 Å². The van der Waals surface area contributed by atoms with Crippen LogP contribution < -0.4 is 0 Å². The number of carbonyl (C=O) groups is 1. The molecule has 5 heteroatoms. The second-order valence-corrected chi connectivity index (χ2v) is 6.01. The Kier molecular flexibility index (Phi) is 3.66. The summed E-state index contributed by atoms with van der Waals surface area (Å²) in [6, 6.07) is 16.7. The fourth-order valence-corrected chi connectivity index (χ4v) is 3.30. The van der Waals surface area contributed by atoms with Crippen LogP contribution in [0.5, 0.6) is 0 Å². The molecule has 0 aliphatic carbocycles. The standard InChI is InChI=1S/C18H16F3NO/c1-17(14-8-3-2-4-9-14)12-22(16(23)18(19,20)21)11-13-7-5-6-10-15(13)17/h2-10H,11-12H2,1H3. The monoisotopic (exact) mass is 319 g/mol. The van der Waals surface area contributed by atoms with Crippen LogP contribution in [0.25, 0.3) is 0 Å². The van der Waals surface area contributed by atoms with Gasteiger partial charge in [-0.3, -0.25) is 4.79 Å². The molecule has 120 valence electrons. The maximum atomic E-state index is 12.9. The summed E-state index contributed by atoms with van der Waals surface area (Å²) in [5.74, 6) is -1.78. The molecule has 2 nitrogen and oxygen atoms in total. The van der Waals surface area contributed by atoms with E-state index in [0.717, 1.165) is 21.6 Å². The largest absolute Gasteiger partial charge is 0.471 e. The quantitative estimate of drug-likeness (QED) is 0.781. The van der Waals surface area contributed by atoms with Crippen molar-refractivity contribution in [2.24, 2.45) is 0 Å². The van der Waals surface area contributed by atoms with Crippen molar-refractivity contribution in [3.63, 3.8) is 0 Å². The Hall–Kier alpha value is -2.30. The van der Waals surface area contributed by atoms with Crippen LogP contribution in [0.15, 0.2) is 54.6 Å². The number of halogens is 3. The number of carbonyl (C=O) groups excluding carboxylic acids is 1. The Bertz CT molecular complexity index is 727. The second kappa shape index (κ2) is 5.41. The molecule has 0 bridgehead atoms. The molecule has 1 atom stereocenters. The minimum Gasteiger partial charge on any atom is -0.329 e. The first-order valence-corrected chi connectivity index (χ1v) is 7.32. The minimum atomic E-state index is -4.86. The van der Waals surface area contributed by atoms with Gasteiger partial charge >= 0.3 is 12.1 Å². The van der Waals surface area contributed by atoms with E-state index in [0.29, 0.717) is 0 Å². The molecule has 0 saturated carbocycles. The van der Waals surface area contributed by atoms with Crippen LogP contribution in [0, 0.1) is 0 Å². The smallest absolute Gasteiger partial charge is 0.329 e. The molecule has 1 amide bonds. The van der Waals surface area contributed by atoms with E-state index in [9.17, 15) is 18.0 Å². The van der Waals surface area contributed by atoms with Crippen molar-refractivity contribution in [2.75, 3.05) is 6.54 Å². The third-order valence-electron chi connectivity index (χ3n) is 4.42.